The second-order valence-corrected chi connectivity index (χ2v) is 9.64. The van der Waals surface area contributed by atoms with E-state index in [0.717, 1.165) is 50.5 Å². The lowest BCUT2D eigenvalue weighted by Gasteiger charge is -2.40. The Morgan fingerprint density at radius 1 is 1.27 bits per heavy atom. The van der Waals surface area contributed by atoms with Crippen LogP contribution < -0.4 is 10.1 Å². The van der Waals surface area contributed by atoms with Gasteiger partial charge in [0.25, 0.3) is 0 Å². The number of nitrogens with zero attached hydrogens (tertiary/aromatic N) is 4. The van der Waals surface area contributed by atoms with Gasteiger partial charge in [0.2, 0.25) is 5.88 Å². The molecule has 1 aliphatic heterocycles. The van der Waals surface area contributed by atoms with Crippen LogP contribution in [0.4, 0.5) is 4.79 Å². The molecule has 1 aromatic heterocycles. The maximum atomic E-state index is 12.9. The largest absolute Gasteiger partial charge is 0.481 e. The molecule has 0 unspecified atom stereocenters. The molecule has 0 atom stereocenters. The highest BCUT2D eigenvalue weighted by molar-refractivity contribution is 14.0. The van der Waals surface area contributed by atoms with E-state index in [2.05, 4.69) is 22.1 Å². The van der Waals surface area contributed by atoms with Crippen LogP contribution in [0.1, 0.15) is 58.9 Å². The van der Waals surface area contributed by atoms with Gasteiger partial charge in [-0.3, -0.25) is 0 Å². The molecule has 33 heavy (non-hydrogen) atoms. The number of methoxy groups -OCH3 is 1. The van der Waals surface area contributed by atoms with Crippen molar-refractivity contribution < 1.29 is 14.3 Å². The van der Waals surface area contributed by atoms with Crippen LogP contribution >= 0.6 is 24.0 Å². The molecule has 1 aliphatic carbocycles. The third-order valence-electron chi connectivity index (χ3n) is 5.76. The number of nitrogens with one attached hydrogen (secondary N) is 1. The molecule has 2 fully saturated rings. The molecule has 1 saturated carbocycles. The SMILES string of the molecule is CCNC(=NCc1cccnc1OC)N1CCC(N(CC2CC2)C(=O)OC(C)(C)C)CC1.I. The van der Waals surface area contributed by atoms with E-state index < -0.39 is 5.60 Å². The van der Waals surface area contributed by atoms with Gasteiger partial charge in [0.1, 0.15) is 5.60 Å². The number of likely N-dealkylation sites (tertiary alicyclic amines) is 1. The molecule has 8 nitrogen and oxygen atoms in total. The molecule has 0 radical (unpaired) electrons. The van der Waals surface area contributed by atoms with Crippen molar-refractivity contribution >= 4 is 36.0 Å². The van der Waals surface area contributed by atoms with Gasteiger partial charge >= 0.3 is 6.09 Å². The number of amides is 1. The van der Waals surface area contributed by atoms with Crippen LogP contribution in [0.3, 0.4) is 0 Å². The average Bonchev–Trinajstić information content (AvgIpc) is 3.58. The number of ether oxygens (including phenoxy) is 2. The minimum atomic E-state index is -0.474. The maximum absolute atomic E-state index is 12.9. The van der Waals surface area contributed by atoms with Crippen molar-refractivity contribution in [3.05, 3.63) is 23.9 Å². The second-order valence-electron chi connectivity index (χ2n) is 9.64. The van der Waals surface area contributed by atoms with Gasteiger partial charge in [0.05, 0.1) is 13.7 Å². The number of guanidine groups is 1. The number of piperidine rings is 1. The quantitative estimate of drug-likeness (QED) is 0.298. The number of aromatic nitrogens is 1. The molecule has 186 valence electrons. The van der Waals surface area contributed by atoms with Gasteiger partial charge in [0.15, 0.2) is 5.96 Å². The standard InChI is InChI=1S/C24H39N5O3.HI/c1-6-25-22(27-16-19-8-7-13-26-21(19)31-5)28-14-11-20(12-15-28)29(17-18-9-10-18)23(30)32-24(2,3)4;/h7-8,13,18,20H,6,9-12,14-17H2,1-5H3,(H,25,27);1H. The molecule has 2 heterocycles. The predicted octanol–water partition coefficient (Wildman–Crippen LogP) is 4.29. The number of aliphatic imine (C=N–C) groups is 1. The molecule has 1 amide bonds. The van der Waals surface area contributed by atoms with E-state index in [1.54, 1.807) is 13.3 Å². The second kappa shape index (κ2) is 12.6. The Hall–Kier alpha value is -1.78. The fourth-order valence-corrected chi connectivity index (χ4v) is 3.98. The molecule has 0 bridgehead atoms. The van der Waals surface area contributed by atoms with Gasteiger partial charge in [-0.05, 0) is 65.4 Å². The summed E-state index contributed by atoms with van der Waals surface area (Å²) in [6.45, 7) is 11.7. The van der Waals surface area contributed by atoms with E-state index in [1.165, 1.54) is 12.8 Å². The van der Waals surface area contributed by atoms with E-state index in [-0.39, 0.29) is 36.1 Å². The molecule has 1 N–H and O–H groups in total. The summed E-state index contributed by atoms with van der Waals surface area (Å²) in [6, 6.07) is 4.10. The Morgan fingerprint density at radius 2 is 1.97 bits per heavy atom. The summed E-state index contributed by atoms with van der Waals surface area (Å²) < 4.78 is 11.1. The number of hydrogen-bond donors (Lipinski definition) is 1. The molecule has 1 aromatic rings. The van der Waals surface area contributed by atoms with Gasteiger partial charge in [-0.25, -0.2) is 14.8 Å². The first kappa shape index (κ1) is 27.5. The summed E-state index contributed by atoms with van der Waals surface area (Å²) in [5.41, 5.74) is 0.485. The Balaban J connectivity index is 0.00000385. The van der Waals surface area contributed by atoms with Crippen LogP contribution in [0.5, 0.6) is 5.88 Å². The fraction of sp³-hybridized carbons (Fsp3) is 0.708. The predicted molar refractivity (Wildman–Crippen MR) is 141 cm³/mol. The molecular weight excluding hydrogens is 533 g/mol. The van der Waals surface area contributed by atoms with Gasteiger partial charge in [-0.15, -0.1) is 24.0 Å². The molecule has 2 aliphatic rings. The fourth-order valence-electron chi connectivity index (χ4n) is 3.98. The molecule has 3 rings (SSSR count). The Bertz CT molecular complexity index is 787. The van der Waals surface area contributed by atoms with Gasteiger partial charge < -0.3 is 24.6 Å². The monoisotopic (exact) mass is 573 g/mol. The molecular formula is C24H40IN5O3. The number of hydrogen-bond acceptors (Lipinski definition) is 5. The summed E-state index contributed by atoms with van der Waals surface area (Å²) >= 11 is 0. The Morgan fingerprint density at radius 3 is 2.55 bits per heavy atom. The number of carbonyl (C=O) groups excluding carboxylic acids is 1. The van der Waals surface area contributed by atoms with Gasteiger partial charge in [-0.1, -0.05) is 6.07 Å². The van der Waals surface area contributed by atoms with E-state index in [9.17, 15) is 4.79 Å². The highest BCUT2D eigenvalue weighted by Gasteiger charge is 2.35. The van der Waals surface area contributed by atoms with Crippen molar-refractivity contribution in [3.63, 3.8) is 0 Å². The zero-order chi connectivity index (χ0) is 23.1. The third-order valence-corrected chi connectivity index (χ3v) is 5.76. The summed E-state index contributed by atoms with van der Waals surface area (Å²) in [7, 11) is 1.63. The number of pyridine rings is 1. The lowest BCUT2D eigenvalue weighted by Crippen LogP contribution is -2.52. The summed E-state index contributed by atoms with van der Waals surface area (Å²) in [6.07, 6.45) is 5.80. The van der Waals surface area contributed by atoms with Crippen LogP contribution in [-0.2, 0) is 11.3 Å². The lowest BCUT2D eigenvalue weighted by atomic mass is 10.0. The van der Waals surface area contributed by atoms with Crippen molar-refractivity contribution in [1.29, 1.82) is 0 Å². The summed E-state index contributed by atoms with van der Waals surface area (Å²) in [5.74, 6) is 2.13. The Kier molecular flexibility index (Phi) is 10.5. The van der Waals surface area contributed by atoms with Gasteiger partial charge in [0, 0.05) is 44.0 Å². The number of halogens is 1. The molecule has 0 spiro atoms. The van der Waals surface area contributed by atoms with E-state index in [0.29, 0.717) is 18.3 Å². The van der Waals surface area contributed by atoms with Crippen LogP contribution in [0.15, 0.2) is 23.3 Å². The average molecular weight is 574 g/mol. The zero-order valence-corrected chi connectivity index (χ0v) is 23.0. The lowest BCUT2D eigenvalue weighted by molar-refractivity contribution is 0.00928. The first-order valence-electron chi connectivity index (χ1n) is 11.8. The van der Waals surface area contributed by atoms with Crippen molar-refractivity contribution in [2.75, 3.05) is 33.3 Å². The van der Waals surface area contributed by atoms with Crippen molar-refractivity contribution in [2.45, 2.75) is 71.6 Å². The highest BCUT2D eigenvalue weighted by Crippen LogP contribution is 2.32. The summed E-state index contributed by atoms with van der Waals surface area (Å²) in [4.78, 5) is 26.3. The highest BCUT2D eigenvalue weighted by atomic mass is 127. The maximum Gasteiger partial charge on any atom is 0.410 e. The molecule has 9 heteroatoms. The zero-order valence-electron chi connectivity index (χ0n) is 20.7. The first-order chi connectivity index (χ1) is 15.3. The van der Waals surface area contributed by atoms with Crippen LogP contribution in [-0.4, -0.2) is 71.8 Å². The molecule has 1 saturated heterocycles. The topological polar surface area (TPSA) is 79.3 Å². The smallest absolute Gasteiger partial charge is 0.410 e. The minimum absolute atomic E-state index is 0. The molecule has 0 aromatic carbocycles. The van der Waals surface area contributed by atoms with Crippen molar-refractivity contribution in [3.8, 4) is 5.88 Å². The van der Waals surface area contributed by atoms with E-state index >= 15 is 0 Å². The first-order valence-corrected chi connectivity index (χ1v) is 11.8. The van der Waals surface area contributed by atoms with Crippen LogP contribution in [0.25, 0.3) is 0 Å². The van der Waals surface area contributed by atoms with Gasteiger partial charge in [-0.2, -0.15) is 0 Å². The van der Waals surface area contributed by atoms with Crippen LogP contribution in [0.2, 0.25) is 0 Å². The number of rotatable bonds is 7. The Labute approximate surface area is 215 Å². The van der Waals surface area contributed by atoms with Crippen molar-refractivity contribution in [2.24, 2.45) is 10.9 Å². The summed E-state index contributed by atoms with van der Waals surface area (Å²) in [5, 5.41) is 3.41. The number of carbonyl (C=O) groups is 1. The normalized spacial score (nSPS) is 17.2. The minimum Gasteiger partial charge on any atom is -0.481 e. The van der Waals surface area contributed by atoms with Crippen molar-refractivity contribution in [1.82, 2.24) is 20.1 Å². The van der Waals surface area contributed by atoms with E-state index in [1.807, 2.05) is 37.8 Å². The third kappa shape index (κ3) is 8.50. The van der Waals surface area contributed by atoms with Crippen LogP contribution in [0, 0.1) is 5.92 Å². The van der Waals surface area contributed by atoms with E-state index in [4.69, 9.17) is 14.5 Å².